The van der Waals surface area contributed by atoms with Crippen LogP contribution in [-0.2, 0) is 6.42 Å². The highest BCUT2D eigenvalue weighted by molar-refractivity contribution is 7.07. The van der Waals surface area contributed by atoms with E-state index in [0.717, 1.165) is 41.0 Å². The number of phenols is 1. The first-order valence-corrected chi connectivity index (χ1v) is 12.5. The third kappa shape index (κ3) is 3.70. The van der Waals surface area contributed by atoms with E-state index in [1.807, 2.05) is 30.3 Å². The number of aryl methyl sites for hydroxylation is 1. The number of nitrogens with zero attached hydrogens (tertiary/aromatic N) is 2. The Morgan fingerprint density at radius 2 is 1.91 bits per heavy atom. The second-order valence-corrected chi connectivity index (χ2v) is 10.0. The van der Waals surface area contributed by atoms with Crippen molar-refractivity contribution in [3.8, 4) is 11.5 Å². The van der Waals surface area contributed by atoms with E-state index in [9.17, 15) is 9.90 Å². The molecule has 0 bridgehead atoms. The molecule has 0 amide bonds. The lowest BCUT2D eigenvalue weighted by Crippen LogP contribution is -2.38. The number of benzene rings is 3. The molecule has 1 aromatic heterocycles. The zero-order chi connectivity index (χ0) is 24.1. The van der Waals surface area contributed by atoms with Gasteiger partial charge >= 0.3 is 0 Å². The molecular formula is C28H21ClN2O3S. The van der Waals surface area contributed by atoms with Gasteiger partial charge in [0.2, 0.25) is 0 Å². The number of halogens is 1. The van der Waals surface area contributed by atoms with Crippen molar-refractivity contribution >= 4 is 34.7 Å². The highest BCUT2D eigenvalue weighted by Crippen LogP contribution is 2.41. The van der Waals surface area contributed by atoms with E-state index in [1.54, 1.807) is 29.9 Å². The topological polar surface area (TPSA) is 63.8 Å². The van der Waals surface area contributed by atoms with Crippen LogP contribution in [0.5, 0.6) is 11.5 Å². The molecule has 2 aliphatic rings. The van der Waals surface area contributed by atoms with Gasteiger partial charge in [-0.2, -0.15) is 0 Å². The number of aromatic nitrogens is 1. The summed E-state index contributed by atoms with van der Waals surface area (Å²) >= 11 is 7.46. The molecule has 4 aromatic rings. The summed E-state index contributed by atoms with van der Waals surface area (Å²) in [4.78, 5) is 19.4. The van der Waals surface area contributed by atoms with Crippen LogP contribution in [0.25, 0.3) is 11.8 Å². The zero-order valence-electron chi connectivity index (χ0n) is 18.9. The maximum atomic E-state index is 13.8. The lowest BCUT2D eigenvalue weighted by Gasteiger charge is -2.30. The highest BCUT2D eigenvalue weighted by atomic mass is 35.5. The van der Waals surface area contributed by atoms with E-state index in [2.05, 4.69) is 18.2 Å². The van der Waals surface area contributed by atoms with Gasteiger partial charge in [0.25, 0.3) is 5.56 Å². The molecule has 0 saturated heterocycles. The Kier molecular flexibility index (Phi) is 5.35. The highest BCUT2D eigenvalue weighted by Gasteiger charge is 2.32. The standard InChI is InChI=1S/C28H21ClN2O3S/c1-34-20-10-6-17(7-11-20)26-22-12-8-16-4-2-3-5-21(16)25(22)30-28-31(26)27(33)24(35-28)15-18-14-19(29)9-13-23(18)32/h2-7,9-11,13-15,26,32H,8,12H2,1H3/b24-15+/t26-/m1/s1. The average molecular weight is 501 g/mol. The van der Waals surface area contributed by atoms with Crippen molar-refractivity contribution in [2.24, 2.45) is 4.99 Å². The molecule has 7 heteroatoms. The quantitative estimate of drug-likeness (QED) is 0.444. The predicted octanol–water partition coefficient (Wildman–Crippen LogP) is 4.69. The van der Waals surface area contributed by atoms with Gasteiger partial charge in [-0.25, -0.2) is 4.99 Å². The first-order valence-electron chi connectivity index (χ1n) is 11.3. The van der Waals surface area contributed by atoms with Crippen LogP contribution < -0.4 is 19.6 Å². The lowest BCUT2D eigenvalue weighted by atomic mass is 9.83. The van der Waals surface area contributed by atoms with Gasteiger partial charge in [0, 0.05) is 16.1 Å². The molecule has 1 aliphatic carbocycles. The minimum atomic E-state index is -0.268. The number of ether oxygens (including phenoxy) is 1. The van der Waals surface area contributed by atoms with E-state index >= 15 is 0 Å². The monoisotopic (exact) mass is 500 g/mol. The number of phenolic OH excluding ortho intramolecular Hbond substituents is 1. The molecule has 1 atom stereocenters. The fourth-order valence-electron chi connectivity index (χ4n) is 4.89. The van der Waals surface area contributed by atoms with Crippen LogP contribution in [0.1, 0.15) is 34.7 Å². The minimum Gasteiger partial charge on any atom is -0.507 e. The Labute approximate surface area is 210 Å². The third-order valence-electron chi connectivity index (χ3n) is 6.58. The number of hydrogen-bond donors (Lipinski definition) is 1. The van der Waals surface area contributed by atoms with Crippen molar-refractivity contribution in [1.82, 2.24) is 4.57 Å². The van der Waals surface area contributed by atoms with Gasteiger partial charge in [-0.05, 0) is 65.9 Å². The molecule has 5 nitrogen and oxygen atoms in total. The Balaban J connectivity index is 1.62. The summed E-state index contributed by atoms with van der Waals surface area (Å²) in [7, 11) is 1.64. The molecule has 0 fully saturated rings. The van der Waals surface area contributed by atoms with Gasteiger partial charge in [-0.1, -0.05) is 59.3 Å². The van der Waals surface area contributed by atoms with Crippen LogP contribution in [0, 0.1) is 0 Å². The number of allylic oxidation sites excluding steroid dienone is 1. The summed E-state index contributed by atoms with van der Waals surface area (Å²) < 4.78 is 7.64. The Bertz CT molecular complexity index is 1680. The molecule has 35 heavy (non-hydrogen) atoms. The number of aromatic hydroxyl groups is 1. The van der Waals surface area contributed by atoms with Crippen molar-refractivity contribution in [2.45, 2.75) is 18.9 Å². The average Bonchev–Trinajstić information content (AvgIpc) is 3.19. The molecule has 1 N–H and O–H groups in total. The van der Waals surface area contributed by atoms with E-state index in [1.165, 1.54) is 23.0 Å². The van der Waals surface area contributed by atoms with E-state index < -0.39 is 0 Å². The SMILES string of the molecule is COc1ccc([C@@H]2C3=C(N=c4s/c(=C/c5cc(Cl)ccc5O)c(=O)n42)c2ccccc2CC3)cc1. The zero-order valence-corrected chi connectivity index (χ0v) is 20.4. The molecule has 0 unspecified atom stereocenters. The molecular weight excluding hydrogens is 480 g/mol. The first kappa shape index (κ1) is 21.9. The number of fused-ring (bicyclic) bond motifs is 3. The molecule has 2 heterocycles. The lowest BCUT2D eigenvalue weighted by molar-refractivity contribution is 0.414. The van der Waals surface area contributed by atoms with Gasteiger partial charge in [-0.3, -0.25) is 9.36 Å². The van der Waals surface area contributed by atoms with Crippen LogP contribution in [0.4, 0.5) is 0 Å². The van der Waals surface area contributed by atoms with Crippen molar-refractivity contribution in [3.05, 3.63) is 119 Å². The summed E-state index contributed by atoms with van der Waals surface area (Å²) in [5.41, 5.74) is 5.84. The van der Waals surface area contributed by atoms with E-state index in [4.69, 9.17) is 21.3 Å². The van der Waals surface area contributed by atoms with Crippen LogP contribution in [0.15, 0.2) is 82.1 Å². The van der Waals surface area contributed by atoms with Gasteiger partial charge in [0.05, 0.1) is 23.4 Å². The van der Waals surface area contributed by atoms with Gasteiger partial charge in [0.15, 0.2) is 4.80 Å². The van der Waals surface area contributed by atoms with Gasteiger partial charge in [0.1, 0.15) is 11.5 Å². The second kappa shape index (κ2) is 8.56. The van der Waals surface area contributed by atoms with Crippen molar-refractivity contribution in [3.63, 3.8) is 0 Å². The number of thiazole rings is 1. The second-order valence-electron chi connectivity index (χ2n) is 8.59. The molecule has 174 valence electrons. The summed E-state index contributed by atoms with van der Waals surface area (Å²) in [5, 5.41) is 10.8. The number of hydrogen-bond acceptors (Lipinski definition) is 5. The fraction of sp³-hybridized carbons (Fsp3) is 0.143. The maximum absolute atomic E-state index is 13.8. The Morgan fingerprint density at radius 1 is 1.11 bits per heavy atom. The molecule has 1 aliphatic heterocycles. The normalized spacial score (nSPS) is 16.9. The smallest absolute Gasteiger partial charge is 0.271 e. The predicted molar refractivity (Wildman–Crippen MR) is 139 cm³/mol. The summed E-state index contributed by atoms with van der Waals surface area (Å²) in [6.45, 7) is 0. The molecule has 3 aromatic carbocycles. The van der Waals surface area contributed by atoms with Crippen molar-refractivity contribution < 1.29 is 9.84 Å². The fourth-order valence-corrected chi connectivity index (χ4v) is 6.06. The largest absolute Gasteiger partial charge is 0.507 e. The molecule has 6 rings (SSSR count). The Morgan fingerprint density at radius 3 is 2.71 bits per heavy atom. The number of methoxy groups -OCH3 is 1. The summed E-state index contributed by atoms with van der Waals surface area (Å²) in [5.74, 6) is 0.834. The maximum Gasteiger partial charge on any atom is 0.271 e. The summed E-state index contributed by atoms with van der Waals surface area (Å²) in [6, 6.07) is 20.7. The molecule has 0 saturated carbocycles. The molecule has 0 radical (unpaired) electrons. The van der Waals surface area contributed by atoms with Crippen LogP contribution in [-0.4, -0.2) is 16.8 Å². The van der Waals surface area contributed by atoms with Crippen molar-refractivity contribution in [2.75, 3.05) is 7.11 Å². The van der Waals surface area contributed by atoms with Crippen LogP contribution >= 0.6 is 22.9 Å². The van der Waals surface area contributed by atoms with Gasteiger partial charge in [-0.15, -0.1) is 0 Å². The Hall–Kier alpha value is -3.61. The van der Waals surface area contributed by atoms with Gasteiger partial charge < -0.3 is 9.84 Å². The third-order valence-corrected chi connectivity index (χ3v) is 7.80. The molecule has 0 spiro atoms. The van der Waals surface area contributed by atoms with E-state index in [0.29, 0.717) is 19.9 Å². The minimum absolute atomic E-state index is 0.0696. The first-order chi connectivity index (χ1) is 17.0. The van der Waals surface area contributed by atoms with Crippen LogP contribution in [0.2, 0.25) is 5.02 Å². The van der Waals surface area contributed by atoms with Crippen LogP contribution in [0.3, 0.4) is 0 Å². The summed E-state index contributed by atoms with van der Waals surface area (Å²) in [6.07, 6.45) is 3.41. The van der Waals surface area contributed by atoms with E-state index in [-0.39, 0.29) is 17.4 Å². The number of rotatable bonds is 3. The van der Waals surface area contributed by atoms with Crippen molar-refractivity contribution in [1.29, 1.82) is 0 Å².